The Hall–Kier alpha value is -0.930. The molecule has 4 nitrogen and oxygen atoms in total. The van der Waals surface area contributed by atoms with Crippen LogP contribution in [-0.2, 0) is 0 Å². The maximum Gasteiger partial charge on any atom is 0.151 e. The summed E-state index contributed by atoms with van der Waals surface area (Å²) in [7, 11) is 0. The van der Waals surface area contributed by atoms with Crippen LogP contribution in [0.3, 0.4) is 0 Å². The molecule has 0 amide bonds. The van der Waals surface area contributed by atoms with Gasteiger partial charge in [0, 0.05) is 24.6 Å². The van der Waals surface area contributed by atoms with Crippen LogP contribution >= 0.6 is 23.5 Å². The highest BCUT2D eigenvalue weighted by atomic mass is 32.2. The second kappa shape index (κ2) is 5.41. The Labute approximate surface area is 103 Å². The maximum atomic E-state index is 9.19. The summed E-state index contributed by atoms with van der Waals surface area (Å²) in [6, 6.07) is 2.22. The predicted molar refractivity (Wildman–Crippen MR) is 68.1 cm³/mol. The van der Waals surface area contributed by atoms with E-state index in [1.807, 2.05) is 18.0 Å². The topological polar surface area (TPSA) is 52.8 Å². The lowest BCUT2D eigenvalue weighted by molar-refractivity contribution is 0.823. The monoisotopic (exact) mass is 252 g/mol. The third-order valence-electron chi connectivity index (χ3n) is 2.41. The molecule has 0 aliphatic carbocycles. The Balaban J connectivity index is 2.35. The van der Waals surface area contributed by atoms with Crippen molar-refractivity contribution in [3.63, 3.8) is 0 Å². The SMILES string of the molecule is CSc1ncnc(N2CCSCC2)c1C#N. The third kappa shape index (κ3) is 2.25. The van der Waals surface area contributed by atoms with Gasteiger partial charge < -0.3 is 4.90 Å². The highest BCUT2D eigenvalue weighted by Crippen LogP contribution is 2.26. The van der Waals surface area contributed by atoms with Gasteiger partial charge in [0.05, 0.1) is 0 Å². The molecule has 0 saturated carbocycles. The molecule has 0 bridgehead atoms. The quantitative estimate of drug-likeness (QED) is 0.589. The molecule has 0 spiro atoms. The molecule has 0 aromatic carbocycles. The standard InChI is InChI=1S/C10H12N4S2/c1-15-10-8(6-11)9(12-7-13-10)14-2-4-16-5-3-14/h7H,2-5H2,1H3. The van der Waals surface area contributed by atoms with Crippen molar-refractivity contribution >= 4 is 29.3 Å². The Morgan fingerprint density at radius 1 is 1.44 bits per heavy atom. The molecule has 84 valence electrons. The average molecular weight is 252 g/mol. The summed E-state index contributed by atoms with van der Waals surface area (Å²) < 4.78 is 0. The Morgan fingerprint density at radius 2 is 2.19 bits per heavy atom. The molecule has 1 saturated heterocycles. The van der Waals surface area contributed by atoms with Crippen molar-refractivity contribution in [1.82, 2.24) is 9.97 Å². The molecule has 0 radical (unpaired) electrons. The molecule has 6 heteroatoms. The smallest absolute Gasteiger partial charge is 0.151 e. The molecule has 1 aliphatic rings. The number of hydrogen-bond donors (Lipinski definition) is 0. The van der Waals surface area contributed by atoms with Crippen molar-refractivity contribution in [2.75, 3.05) is 35.8 Å². The first-order valence-electron chi connectivity index (χ1n) is 4.98. The Kier molecular flexibility index (Phi) is 3.91. The van der Waals surface area contributed by atoms with E-state index in [9.17, 15) is 5.26 Å². The highest BCUT2D eigenvalue weighted by Gasteiger charge is 2.18. The molecule has 0 unspecified atom stereocenters. The normalized spacial score (nSPS) is 15.9. The first-order valence-corrected chi connectivity index (χ1v) is 7.36. The van der Waals surface area contributed by atoms with Crippen molar-refractivity contribution in [2.24, 2.45) is 0 Å². The fourth-order valence-electron chi connectivity index (χ4n) is 1.63. The number of nitriles is 1. The van der Waals surface area contributed by atoms with E-state index in [0.29, 0.717) is 5.56 Å². The summed E-state index contributed by atoms with van der Waals surface area (Å²) in [4.78, 5) is 10.5. The summed E-state index contributed by atoms with van der Waals surface area (Å²) in [6.07, 6.45) is 3.47. The van der Waals surface area contributed by atoms with Crippen LogP contribution in [0.2, 0.25) is 0 Å². The zero-order valence-corrected chi connectivity index (χ0v) is 10.6. The molecule has 0 atom stereocenters. The summed E-state index contributed by atoms with van der Waals surface area (Å²) in [5, 5.41) is 9.96. The zero-order valence-electron chi connectivity index (χ0n) is 9.01. The van der Waals surface area contributed by atoms with Gasteiger partial charge in [-0.25, -0.2) is 9.97 Å². The van der Waals surface area contributed by atoms with E-state index in [1.54, 1.807) is 6.33 Å². The molecule has 1 aliphatic heterocycles. The molecule has 1 fully saturated rings. The Bertz CT molecular complexity index is 410. The van der Waals surface area contributed by atoms with Crippen LogP contribution in [-0.4, -0.2) is 40.8 Å². The van der Waals surface area contributed by atoms with Gasteiger partial charge in [-0.3, -0.25) is 0 Å². The van der Waals surface area contributed by atoms with Crippen molar-refractivity contribution in [2.45, 2.75) is 5.03 Å². The minimum Gasteiger partial charge on any atom is -0.354 e. The number of aromatic nitrogens is 2. The van der Waals surface area contributed by atoms with Crippen molar-refractivity contribution in [3.05, 3.63) is 11.9 Å². The molecule has 0 N–H and O–H groups in total. The van der Waals surface area contributed by atoms with Crippen molar-refractivity contribution < 1.29 is 0 Å². The summed E-state index contributed by atoms with van der Waals surface area (Å²) >= 11 is 3.44. The number of rotatable bonds is 2. The van der Waals surface area contributed by atoms with E-state index < -0.39 is 0 Å². The average Bonchev–Trinajstić information content (AvgIpc) is 2.38. The van der Waals surface area contributed by atoms with E-state index in [0.717, 1.165) is 35.4 Å². The molecular formula is C10H12N4S2. The van der Waals surface area contributed by atoms with E-state index in [2.05, 4.69) is 20.9 Å². The molecule has 2 heterocycles. The second-order valence-corrected chi connectivity index (χ2v) is 5.31. The van der Waals surface area contributed by atoms with E-state index >= 15 is 0 Å². The van der Waals surface area contributed by atoms with E-state index in [1.165, 1.54) is 11.8 Å². The summed E-state index contributed by atoms with van der Waals surface area (Å²) in [5.74, 6) is 2.99. The molecular weight excluding hydrogens is 240 g/mol. The fourth-order valence-corrected chi connectivity index (χ4v) is 3.02. The van der Waals surface area contributed by atoms with Gasteiger partial charge in [-0.15, -0.1) is 11.8 Å². The van der Waals surface area contributed by atoms with Gasteiger partial charge in [-0.1, -0.05) is 0 Å². The van der Waals surface area contributed by atoms with Crippen LogP contribution < -0.4 is 4.90 Å². The van der Waals surface area contributed by atoms with Crippen LogP contribution in [0.25, 0.3) is 0 Å². The third-order valence-corrected chi connectivity index (χ3v) is 4.05. The molecule has 1 aromatic rings. The van der Waals surface area contributed by atoms with Gasteiger partial charge in [0.2, 0.25) is 0 Å². The van der Waals surface area contributed by atoms with E-state index in [-0.39, 0.29) is 0 Å². The number of hydrogen-bond acceptors (Lipinski definition) is 6. The van der Waals surface area contributed by atoms with Crippen LogP contribution in [0.1, 0.15) is 5.56 Å². The van der Waals surface area contributed by atoms with E-state index in [4.69, 9.17) is 0 Å². The minimum absolute atomic E-state index is 0.613. The van der Waals surface area contributed by atoms with Crippen LogP contribution in [0.15, 0.2) is 11.4 Å². The number of anilines is 1. The largest absolute Gasteiger partial charge is 0.354 e. The van der Waals surface area contributed by atoms with Crippen LogP contribution in [0.4, 0.5) is 5.82 Å². The predicted octanol–water partition coefficient (Wildman–Crippen LogP) is 1.62. The summed E-state index contributed by atoms with van der Waals surface area (Å²) in [5.41, 5.74) is 0.613. The van der Waals surface area contributed by atoms with Crippen LogP contribution in [0.5, 0.6) is 0 Å². The first-order chi connectivity index (χ1) is 7.86. The van der Waals surface area contributed by atoms with Gasteiger partial charge in [0.1, 0.15) is 23.0 Å². The van der Waals surface area contributed by atoms with Gasteiger partial charge >= 0.3 is 0 Å². The Morgan fingerprint density at radius 3 is 2.81 bits per heavy atom. The maximum absolute atomic E-state index is 9.19. The highest BCUT2D eigenvalue weighted by molar-refractivity contribution is 7.99. The molecule has 1 aromatic heterocycles. The molecule has 16 heavy (non-hydrogen) atoms. The summed E-state index contributed by atoms with van der Waals surface area (Å²) in [6.45, 7) is 1.92. The minimum atomic E-state index is 0.613. The lowest BCUT2D eigenvalue weighted by atomic mass is 10.3. The first kappa shape index (κ1) is 11.6. The lowest BCUT2D eigenvalue weighted by Crippen LogP contribution is -2.33. The van der Waals surface area contributed by atoms with Gasteiger partial charge in [-0.2, -0.15) is 17.0 Å². The number of thioether (sulfide) groups is 2. The van der Waals surface area contributed by atoms with Gasteiger partial charge in [0.15, 0.2) is 5.82 Å². The number of nitrogens with zero attached hydrogens (tertiary/aromatic N) is 4. The van der Waals surface area contributed by atoms with Crippen LogP contribution in [0, 0.1) is 11.3 Å². The van der Waals surface area contributed by atoms with Crippen molar-refractivity contribution in [1.29, 1.82) is 5.26 Å². The fraction of sp³-hybridized carbons (Fsp3) is 0.500. The lowest BCUT2D eigenvalue weighted by Gasteiger charge is -2.28. The van der Waals surface area contributed by atoms with Gasteiger partial charge in [-0.05, 0) is 6.26 Å². The van der Waals surface area contributed by atoms with Crippen molar-refractivity contribution in [3.8, 4) is 6.07 Å². The zero-order chi connectivity index (χ0) is 11.4. The molecule has 2 rings (SSSR count). The van der Waals surface area contributed by atoms with Gasteiger partial charge in [0.25, 0.3) is 0 Å². The second-order valence-electron chi connectivity index (χ2n) is 3.29.